The van der Waals surface area contributed by atoms with E-state index in [0.29, 0.717) is 21.2 Å². The number of nitrogens with zero attached hydrogens (tertiary/aromatic N) is 1. The second-order valence-electron chi connectivity index (χ2n) is 5.02. The number of nitrogens with one attached hydrogen (secondary N) is 1. The largest absolute Gasteiger partial charge is 0.394 e. The number of thiophene rings is 1. The highest BCUT2D eigenvalue weighted by Gasteiger charge is 2.34. The molecule has 1 aliphatic rings. The van der Waals surface area contributed by atoms with Crippen molar-refractivity contribution in [3.05, 3.63) is 43.5 Å². The predicted octanol–water partition coefficient (Wildman–Crippen LogP) is 0.526. The maximum atomic E-state index is 12.0. The zero-order valence-electron chi connectivity index (χ0n) is 11.4. The third-order valence-electron chi connectivity index (χ3n) is 3.58. The molecule has 1 saturated heterocycles. The standard InChI is InChI=1S/C13H14ClN3O4S/c14-10-2-1-9(22-10)6-4-17(13(20)16-12(6)19)11-3-7(15)8(5-18)21-11/h1-2,4,7-8,11,18H,3,5,15H2,(H,16,19,20). The molecule has 0 aromatic carbocycles. The zero-order valence-corrected chi connectivity index (χ0v) is 12.9. The number of aromatic nitrogens is 2. The van der Waals surface area contributed by atoms with Crippen molar-refractivity contribution in [2.24, 2.45) is 5.73 Å². The van der Waals surface area contributed by atoms with Crippen LogP contribution in [0.5, 0.6) is 0 Å². The lowest BCUT2D eigenvalue weighted by Gasteiger charge is -2.15. The minimum atomic E-state index is -0.620. The topological polar surface area (TPSA) is 110 Å². The molecule has 118 valence electrons. The van der Waals surface area contributed by atoms with E-state index in [0.717, 1.165) is 0 Å². The average molecular weight is 344 g/mol. The number of aliphatic hydroxyl groups excluding tert-OH is 1. The summed E-state index contributed by atoms with van der Waals surface area (Å²) in [5.74, 6) is 0. The lowest BCUT2D eigenvalue weighted by Crippen LogP contribution is -2.33. The third kappa shape index (κ3) is 2.75. The Hall–Kier alpha value is -1.45. The molecule has 3 atom stereocenters. The molecule has 0 radical (unpaired) electrons. The molecule has 3 heterocycles. The van der Waals surface area contributed by atoms with Crippen molar-refractivity contribution < 1.29 is 9.84 Å². The van der Waals surface area contributed by atoms with Crippen molar-refractivity contribution >= 4 is 22.9 Å². The second kappa shape index (κ2) is 5.98. The average Bonchev–Trinajstić information content (AvgIpc) is 3.05. The summed E-state index contributed by atoms with van der Waals surface area (Å²) in [4.78, 5) is 26.9. The van der Waals surface area contributed by atoms with E-state index in [9.17, 15) is 14.7 Å². The summed E-state index contributed by atoms with van der Waals surface area (Å²) in [5, 5.41) is 9.19. The van der Waals surface area contributed by atoms with Crippen molar-refractivity contribution in [1.82, 2.24) is 9.55 Å². The van der Waals surface area contributed by atoms with E-state index in [-0.39, 0.29) is 12.6 Å². The first-order valence-corrected chi connectivity index (χ1v) is 7.82. The number of rotatable bonds is 3. The summed E-state index contributed by atoms with van der Waals surface area (Å²) in [6.45, 7) is -0.219. The molecular weight excluding hydrogens is 330 g/mol. The molecule has 1 fully saturated rings. The van der Waals surface area contributed by atoms with Crippen LogP contribution >= 0.6 is 22.9 Å². The van der Waals surface area contributed by atoms with Gasteiger partial charge in [0.2, 0.25) is 0 Å². The van der Waals surface area contributed by atoms with Crippen LogP contribution in [0, 0.1) is 0 Å². The molecule has 3 rings (SSSR count). The molecule has 0 saturated carbocycles. The zero-order chi connectivity index (χ0) is 15.9. The smallest absolute Gasteiger partial charge is 0.330 e. The van der Waals surface area contributed by atoms with E-state index < -0.39 is 23.6 Å². The Morgan fingerprint density at radius 2 is 2.27 bits per heavy atom. The SMILES string of the molecule is NC1CC(n2cc(-c3ccc(Cl)s3)c(=O)[nH]c2=O)OC1CO. The van der Waals surface area contributed by atoms with Gasteiger partial charge in [0.05, 0.1) is 22.6 Å². The quantitative estimate of drug-likeness (QED) is 0.752. The summed E-state index contributed by atoms with van der Waals surface area (Å²) in [6, 6.07) is 3.03. The van der Waals surface area contributed by atoms with Gasteiger partial charge in [0.25, 0.3) is 5.56 Å². The van der Waals surface area contributed by atoms with Crippen molar-refractivity contribution in [2.75, 3.05) is 6.61 Å². The monoisotopic (exact) mass is 343 g/mol. The van der Waals surface area contributed by atoms with Gasteiger partial charge >= 0.3 is 5.69 Å². The van der Waals surface area contributed by atoms with Crippen LogP contribution in [0.4, 0.5) is 0 Å². The van der Waals surface area contributed by atoms with Crippen LogP contribution in [-0.2, 0) is 4.74 Å². The maximum absolute atomic E-state index is 12.0. The molecule has 7 nitrogen and oxygen atoms in total. The van der Waals surface area contributed by atoms with Crippen LogP contribution in [0.2, 0.25) is 4.34 Å². The van der Waals surface area contributed by atoms with Gasteiger partial charge in [-0.2, -0.15) is 0 Å². The summed E-state index contributed by atoms with van der Waals surface area (Å²) in [5.41, 5.74) is 5.13. The minimum absolute atomic E-state index is 0.219. The van der Waals surface area contributed by atoms with Crippen molar-refractivity contribution in [2.45, 2.75) is 24.8 Å². The number of hydrogen-bond donors (Lipinski definition) is 3. The minimum Gasteiger partial charge on any atom is -0.394 e. The molecule has 2 aromatic rings. The molecule has 9 heteroatoms. The second-order valence-corrected chi connectivity index (χ2v) is 6.74. The van der Waals surface area contributed by atoms with Gasteiger partial charge in [0, 0.05) is 23.5 Å². The van der Waals surface area contributed by atoms with Crippen LogP contribution in [0.1, 0.15) is 12.6 Å². The lowest BCUT2D eigenvalue weighted by atomic mass is 10.1. The summed E-state index contributed by atoms with van der Waals surface area (Å²) in [7, 11) is 0. The van der Waals surface area contributed by atoms with E-state index in [1.54, 1.807) is 12.1 Å². The molecular formula is C13H14ClN3O4S. The number of aromatic amines is 1. The third-order valence-corrected chi connectivity index (χ3v) is 4.84. The van der Waals surface area contributed by atoms with E-state index >= 15 is 0 Å². The van der Waals surface area contributed by atoms with Crippen LogP contribution in [0.15, 0.2) is 27.9 Å². The normalized spacial score (nSPS) is 24.8. The summed E-state index contributed by atoms with van der Waals surface area (Å²) >= 11 is 7.13. The first-order valence-electron chi connectivity index (χ1n) is 6.62. The Morgan fingerprint density at radius 1 is 1.50 bits per heavy atom. The van der Waals surface area contributed by atoms with Crippen molar-refractivity contribution in [3.63, 3.8) is 0 Å². The van der Waals surface area contributed by atoms with Crippen molar-refractivity contribution in [3.8, 4) is 10.4 Å². The van der Waals surface area contributed by atoms with E-state index in [1.807, 2.05) is 0 Å². The van der Waals surface area contributed by atoms with Gasteiger partial charge in [-0.3, -0.25) is 14.3 Å². The molecule has 22 heavy (non-hydrogen) atoms. The van der Waals surface area contributed by atoms with Gasteiger partial charge in [-0.15, -0.1) is 11.3 Å². The van der Waals surface area contributed by atoms with E-state index in [2.05, 4.69) is 4.98 Å². The van der Waals surface area contributed by atoms with Gasteiger partial charge < -0.3 is 15.6 Å². The highest BCUT2D eigenvalue weighted by atomic mass is 35.5. The predicted molar refractivity (Wildman–Crippen MR) is 83.2 cm³/mol. The van der Waals surface area contributed by atoms with Crippen molar-refractivity contribution in [1.29, 1.82) is 0 Å². The maximum Gasteiger partial charge on any atom is 0.330 e. The van der Waals surface area contributed by atoms with Gasteiger partial charge in [-0.1, -0.05) is 11.6 Å². The Bertz CT molecular complexity index is 799. The lowest BCUT2D eigenvalue weighted by molar-refractivity contribution is -0.0270. The first-order chi connectivity index (χ1) is 10.5. The molecule has 0 aliphatic carbocycles. The number of aliphatic hydroxyl groups is 1. The molecule has 0 spiro atoms. The number of H-pyrrole nitrogens is 1. The highest BCUT2D eigenvalue weighted by molar-refractivity contribution is 7.19. The molecule has 0 amide bonds. The molecule has 2 aromatic heterocycles. The Kier molecular flexibility index (Phi) is 4.20. The summed E-state index contributed by atoms with van der Waals surface area (Å²) < 4.78 is 7.41. The fourth-order valence-electron chi connectivity index (χ4n) is 2.43. The van der Waals surface area contributed by atoms with Crippen LogP contribution in [0.3, 0.4) is 0 Å². The Morgan fingerprint density at radius 3 is 2.86 bits per heavy atom. The molecule has 3 unspecified atom stereocenters. The Labute approximate surface area is 133 Å². The Balaban J connectivity index is 2.03. The summed E-state index contributed by atoms with van der Waals surface area (Å²) in [6.07, 6.45) is 0.677. The first kappa shape index (κ1) is 15.4. The number of nitrogens with two attached hydrogens (primary N) is 1. The fraction of sp³-hybridized carbons (Fsp3) is 0.385. The number of halogens is 1. The number of hydrogen-bond acceptors (Lipinski definition) is 6. The van der Waals surface area contributed by atoms with E-state index in [1.165, 1.54) is 22.1 Å². The van der Waals surface area contributed by atoms with Crippen LogP contribution in [0.25, 0.3) is 10.4 Å². The van der Waals surface area contributed by atoms with E-state index in [4.69, 9.17) is 22.1 Å². The van der Waals surface area contributed by atoms with Gasteiger partial charge in [-0.25, -0.2) is 4.79 Å². The van der Waals surface area contributed by atoms with Gasteiger partial charge in [-0.05, 0) is 12.1 Å². The molecule has 1 aliphatic heterocycles. The molecule has 0 bridgehead atoms. The fourth-order valence-corrected chi connectivity index (χ4v) is 3.48. The highest BCUT2D eigenvalue weighted by Crippen LogP contribution is 2.30. The number of ether oxygens (including phenoxy) is 1. The van der Waals surface area contributed by atoms with Crippen LogP contribution in [-0.4, -0.2) is 33.4 Å². The van der Waals surface area contributed by atoms with Gasteiger partial charge in [0.15, 0.2) is 0 Å². The molecule has 4 N–H and O–H groups in total. The van der Waals surface area contributed by atoms with Crippen LogP contribution < -0.4 is 17.0 Å². The van der Waals surface area contributed by atoms with Gasteiger partial charge in [0.1, 0.15) is 6.23 Å².